The van der Waals surface area contributed by atoms with E-state index in [4.69, 9.17) is 4.74 Å². The lowest BCUT2D eigenvalue weighted by Gasteiger charge is -2.26. The van der Waals surface area contributed by atoms with Crippen LogP contribution in [0.4, 0.5) is 0 Å². The minimum absolute atomic E-state index is 0.0400. The largest absolute Gasteiger partial charge is 0.364 e. The molecule has 1 aliphatic rings. The van der Waals surface area contributed by atoms with E-state index in [1.807, 2.05) is 37.3 Å². The SMILES string of the molecule is CCOC(C(=O)N[C@H]1CCCNC1)c1ccccc1. The first kappa shape index (κ1) is 14.0. The number of amides is 1. The van der Waals surface area contributed by atoms with Crippen molar-refractivity contribution in [3.63, 3.8) is 0 Å². The summed E-state index contributed by atoms with van der Waals surface area (Å²) in [6.45, 7) is 4.32. The first-order valence-electron chi connectivity index (χ1n) is 6.99. The molecule has 2 N–H and O–H groups in total. The first-order chi connectivity index (χ1) is 9.31. The summed E-state index contributed by atoms with van der Waals surface area (Å²) in [5.41, 5.74) is 0.908. The molecule has 0 radical (unpaired) electrons. The molecule has 0 saturated carbocycles. The lowest BCUT2D eigenvalue weighted by molar-refractivity contribution is -0.133. The lowest BCUT2D eigenvalue weighted by atomic mass is 10.1. The van der Waals surface area contributed by atoms with Gasteiger partial charge in [0, 0.05) is 19.2 Å². The summed E-state index contributed by atoms with van der Waals surface area (Å²) in [6.07, 6.45) is 1.63. The van der Waals surface area contributed by atoms with Crippen LogP contribution in [0.2, 0.25) is 0 Å². The van der Waals surface area contributed by atoms with Crippen molar-refractivity contribution in [2.45, 2.75) is 31.9 Å². The Morgan fingerprint density at radius 2 is 2.26 bits per heavy atom. The standard InChI is InChI=1S/C15H22N2O2/c1-2-19-14(12-7-4-3-5-8-12)15(18)17-13-9-6-10-16-11-13/h3-5,7-8,13-14,16H,2,6,9-11H2,1H3,(H,17,18)/t13-,14?/m0/s1. The van der Waals surface area contributed by atoms with Crippen LogP contribution < -0.4 is 10.6 Å². The molecule has 1 fully saturated rings. The highest BCUT2D eigenvalue weighted by Crippen LogP contribution is 2.18. The van der Waals surface area contributed by atoms with Gasteiger partial charge in [0.25, 0.3) is 5.91 Å². The van der Waals surface area contributed by atoms with Gasteiger partial charge in [-0.1, -0.05) is 30.3 Å². The quantitative estimate of drug-likeness (QED) is 0.848. The van der Waals surface area contributed by atoms with E-state index in [1.54, 1.807) is 0 Å². The van der Waals surface area contributed by atoms with Crippen LogP contribution in [-0.4, -0.2) is 31.6 Å². The van der Waals surface area contributed by atoms with Crippen molar-refractivity contribution < 1.29 is 9.53 Å². The molecule has 1 heterocycles. The maximum atomic E-state index is 12.3. The summed E-state index contributed by atoms with van der Waals surface area (Å²) in [6, 6.07) is 9.87. The number of carbonyl (C=O) groups excluding carboxylic acids is 1. The molecule has 1 aromatic carbocycles. The first-order valence-corrected chi connectivity index (χ1v) is 6.99. The van der Waals surface area contributed by atoms with Gasteiger partial charge in [-0.2, -0.15) is 0 Å². The van der Waals surface area contributed by atoms with Crippen LogP contribution in [0, 0.1) is 0 Å². The molecule has 1 unspecified atom stereocenters. The molecule has 2 atom stereocenters. The number of hydrogen-bond acceptors (Lipinski definition) is 3. The Balaban J connectivity index is 1.99. The fourth-order valence-corrected chi connectivity index (χ4v) is 2.37. The Hall–Kier alpha value is -1.39. The number of carbonyl (C=O) groups is 1. The van der Waals surface area contributed by atoms with E-state index in [9.17, 15) is 4.79 Å². The molecule has 0 spiro atoms. The molecule has 2 rings (SSSR count). The summed E-state index contributed by atoms with van der Waals surface area (Å²) in [7, 11) is 0. The highest BCUT2D eigenvalue weighted by molar-refractivity contribution is 5.82. The molecule has 4 nitrogen and oxygen atoms in total. The van der Waals surface area contributed by atoms with Crippen LogP contribution in [0.5, 0.6) is 0 Å². The van der Waals surface area contributed by atoms with Crippen molar-refractivity contribution in [1.82, 2.24) is 10.6 Å². The van der Waals surface area contributed by atoms with Crippen LogP contribution in [0.1, 0.15) is 31.4 Å². The normalized spacial score (nSPS) is 20.8. The second kappa shape index (κ2) is 7.26. The monoisotopic (exact) mass is 262 g/mol. The average Bonchev–Trinajstić information content (AvgIpc) is 2.46. The van der Waals surface area contributed by atoms with Crippen LogP contribution in [0.15, 0.2) is 30.3 Å². The van der Waals surface area contributed by atoms with Gasteiger partial charge >= 0.3 is 0 Å². The third-order valence-electron chi connectivity index (χ3n) is 3.32. The molecule has 19 heavy (non-hydrogen) atoms. The van der Waals surface area contributed by atoms with Gasteiger partial charge < -0.3 is 15.4 Å². The van der Waals surface area contributed by atoms with Gasteiger partial charge in [-0.05, 0) is 31.9 Å². The van der Waals surface area contributed by atoms with Crippen LogP contribution in [-0.2, 0) is 9.53 Å². The molecular weight excluding hydrogens is 240 g/mol. The Morgan fingerprint density at radius 3 is 2.89 bits per heavy atom. The Morgan fingerprint density at radius 1 is 1.47 bits per heavy atom. The molecule has 4 heteroatoms. The van der Waals surface area contributed by atoms with Crippen molar-refractivity contribution in [1.29, 1.82) is 0 Å². The van der Waals surface area contributed by atoms with E-state index >= 15 is 0 Å². The maximum Gasteiger partial charge on any atom is 0.254 e. The van der Waals surface area contributed by atoms with Crippen LogP contribution >= 0.6 is 0 Å². The maximum absolute atomic E-state index is 12.3. The summed E-state index contributed by atoms with van der Waals surface area (Å²) in [5.74, 6) is -0.0400. The van der Waals surface area contributed by atoms with Crippen molar-refractivity contribution in [3.05, 3.63) is 35.9 Å². The van der Waals surface area contributed by atoms with Crippen molar-refractivity contribution in [2.24, 2.45) is 0 Å². The molecule has 104 valence electrons. The second-order valence-electron chi connectivity index (χ2n) is 4.80. The zero-order chi connectivity index (χ0) is 13.5. The summed E-state index contributed by atoms with van der Waals surface area (Å²) >= 11 is 0. The number of nitrogens with one attached hydrogen (secondary N) is 2. The second-order valence-corrected chi connectivity index (χ2v) is 4.80. The lowest BCUT2D eigenvalue weighted by Crippen LogP contribution is -2.47. The molecule has 1 saturated heterocycles. The molecule has 0 bridgehead atoms. The molecular formula is C15H22N2O2. The van der Waals surface area contributed by atoms with E-state index in [2.05, 4.69) is 10.6 Å². The Kier molecular flexibility index (Phi) is 5.36. The third kappa shape index (κ3) is 4.04. The van der Waals surface area contributed by atoms with Gasteiger partial charge in [0.05, 0.1) is 0 Å². The number of piperidine rings is 1. The van der Waals surface area contributed by atoms with E-state index in [-0.39, 0.29) is 11.9 Å². The zero-order valence-corrected chi connectivity index (χ0v) is 11.4. The van der Waals surface area contributed by atoms with Gasteiger partial charge in [0.1, 0.15) is 0 Å². The van der Waals surface area contributed by atoms with Gasteiger partial charge in [0.15, 0.2) is 6.10 Å². The highest BCUT2D eigenvalue weighted by atomic mass is 16.5. The number of ether oxygens (including phenoxy) is 1. The summed E-state index contributed by atoms with van der Waals surface area (Å²) in [4.78, 5) is 12.3. The number of rotatable bonds is 5. The van der Waals surface area contributed by atoms with E-state index in [0.29, 0.717) is 6.61 Å². The predicted octanol–water partition coefficient (Wildman–Crippen LogP) is 1.63. The van der Waals surface area contributed by atoms with E-state index in [1.165, 1.54) is 0 Å². The fraction of sp³-hybridized carbons (Fsp3) is 0.533. The number of hydrogen-bond donors (Lipinski definition) is 2. The Bertz CT molecular complexity index is 388. The molecule has 1 aromatic rings. The fourth-order valence-electron chi connectivity index (χ4n) is 2.37. The van der Waals surface area contributed by atoms with E-state index < -0.39 is 6.10 Å². The number of benzene rings is 1. The summed E-state index contributed by atoms with van der Waals surface area (Å²) < 4.78 is 5.60. The molecule has 1 aliphatic heterocycles. The summed E-state index contributed by atoms with van der Waals surface area (Å²) in [5, 5.41) is 6.37. The van der Waals surface area contributed by atoms with Gasteiger partial charge in [-0.15, -0.1) is 0 Å². The molecule has 1 amide bonds. The molecule has 0 aromatic heterocycles. The Labute approximate surface area is 114 Å². The third-order valence-corrected chi connectivity index (χ3v) is 3.32. The molecule has 0 aliphatic carbocycles. The van der Waals surface area contributed by atoms with Gasteiger partial charge in [-0.25, -0.2) is 0 Å². The van der Waals surface area contributed by atoms with E-state index in [0.717, 1.165) is 31.5 Å². The van der Waals surface area contributed by atoms with Crippen molar-refractivity contribution >= 4 is 5.91 Å². The van der Waals surface area contributed by atoms with Gasteiger partial charge in [0.2, 0.25) is 0 Å². The van der Waals surface area contributed by atoms with Crippen molar-refractivity contribution in [3.8, 4) is 0 Å². The van der Waals surface area contributed by atoms with Crippen LogP contribution in [0.25, 0.3) is 0 Å². The average molecular weight is 262 g/mol. The highest BCUT2D eigenvalue weighted by Gasteiger charge is 2.24. The minimum Gasteiger partial charge on any atom is -0.364 e. The minimum atomic E-state index is -0.506. The zero-order valence-electron chi connectivity index (χ0n) is 11.4. The van der Waals surface area contributed by atoms with Crippen molar-refractivity contribution in [2.75, 3.05) is 19.7 Å². The smallest absolute Gasteiger partial charge is 0.254 e. The predicted molar refractivity (Wildman–Crippen MR) is 74.8 cm³/mol. The van der Waals surface area contributed by atoms with Gasteiger partial charge in [-0.3, -0.25) is 4.79 Å². The topological polar surface area (TPSA) is 50.4 Å². The van der Waals surface area contributed by atoms with Crippen LogP contribution in [0.3, 0.4) is 0 Å².